The smallest absolute Gasteiger partial charge is 0.233 e. The van der Waals surface area contributed by atoms with Crippen molar-refractivity contribution in [3.8, 4) is 0 Å². The van der Waals surface area contributed by atoms with E-state index in [1.165, 1.54) is 0 Å². The average molecular weight is 269 g/mol. The lowest BCUT2D eigenvalue weighted by Gasteiger charge is -2.23. The van der Waals surface area contributed by atoms with Gasteiger partial charge in [0.1, 0.15) is 11.5 Å². The molecule has 0 saturated heterocycles. The maximum Gasteiger partial charge on any atom is 0.233 e. The fourth-order valence-corrected chi connectivity index (χ4v) is 2.75. The molecule has 0 spiro atoms. The van der Waals surface area contributed by atoms with Crippen LogP contribution >= 0.6 is 0 Å². The second kappa shape index (κ2) is 4.82. The Hall–Kier alpha value is -2.03. The predicted molar refractivity (Wildman–Crippen MR) is 77.3 cm³/mol. The average Bonchev–Trinajstić information content (AvgIpc) is 3.18. The fraction of sp³-hybridized carbons (Fsp3) is 0.353. The molecule has 1 aliphatic carbocycles. The topological polar surface area (TPSA) is 33.5 Å². The Kier molecular flexibility index (Phi) is 3.13. The largest absolute Gasteiger partial charge is 0.464 e. The van der Waals surface area contributed by atoms with Gasteiger partial charge in [0.2, 0.25) is 5.91 Å². The summed E-state index contributed by atoms with van der Waals surface area (Å²) in [5, 5.41) is 0. The summed E-state index contributed by atoms with van der Waals surface area (Å²) in [5.74, 6) is 1.91. The molecular formula is C17H19NO2. The van der Waals surface area contributed by atoms with Gasteiger partial charge in [-0.1, -0.05) is 30.3 Å². The number of benzene rings is 1. The number of hydrogen-bond acceptors (Lipinski definition) is 2. The monoisotopic (exact) mass is 269 g/mol. The third-order valence-corrected chi connectivity index (χ3v) is 4.02. The molecule has 1 aromatic carbocycles. The zero-order valence-corrected chi connectivity index (χ0v) is 11.9. The van der Waals surface area contributed by atoms with Crippen LogP contribution in [0.15, 0.2) is 46.9 Å². The molecule has 1 amide bonds. The lowest BCUT2D eigenvalue weighted by Crippen LogP contribution is -2.36. The molecule has 3 nitrogen and oxygen atoms in total. The summed E-state index contributed by atoms with van der Waals surface area (Å²) in [6, 6.07) is 13.9. The molecule has 1 aliphatic rings. The van der Waals surface area contributed by atoms with E-state index in [4.69, 9.17) is 4.42 Å². The molecule has 1 saturated carbocycles. The Balaban J connectivity index is 1.75. The van der Waals surface area contributed by atoms with Crippen molar-refractivity contribution in [3.63, 3.8) is 0 Å². The van der Waals surface area contributed by atoms with Crippen molar-refractivity contribution >= 4 is 5.91 Å². The first-order valence-electron chi connectivity index (χ1n) is 6.98. The highest BCUT2D eigenvalue weighted by Gasteiger charge is 2.52. The minimum atomic E-state index is -0.294. The van der Waals surface area contributed by atoms with E-state index >= 15 is 0 Å². The number of hydrogen-bond donors (Lipinski definition) is 0. The summed E-state index contributed by atoms with van der Waals surface area (Å²) in [4.78, 5) is 14.5. The molecule has 0 atom stereocenters. The zero-order valence-electron chi connectivity index (χ0n) is 11.9. The third-order valence-electron chi connectivity index (χ3n) is 4.02. The summed E-state index contributed by atoms with van der Waals surface area (Å²) >= 11 is 0. The molecule has 20 heavy (non-hydrogen) atoms. The number of nitrogens with zero attached hydrogens (tertiary/aromatic N) is 1. The van der Waals surface area contributed by atoms with Gasteiger partial charge in [-0.3, -0.25) is 4.79 Å². The van der Waals surface area contributed by atoms with Gasteiger partial charge in [0, 0.05) is 7.05 Å². The first-order chi connectivity index (χ1) is 9.62. The minimum absolute atomic E-state index is 0.192. The normalized spacial score (nSPS) is 15.9. The lowest BCUT2D eigenvalue weighted by molar-refractivity contribution is -0.133. The van der Waals surface area contributed by atoms with E-state index in [0.717, 1.165) is 29.9 Å². The molecular weight excluding hydrogens is 250 g/mol. The van der Waals surface area contributed by atoms with Crippen LogP contribution in [0.3, 0.4) is 0 Å². The van der Waals surface area contributed by atoms with E-state index in [1.807, 2.05) is 44.3 Å². The molecule has 1 fully saturated rings. The molecule has 3 heteroatoms. The molecule has 2 aromatic rings. The van der Waals surface area contributed by atoms with Crippen LogP contribution in [0.5, 0.6) is 0 Å². The van der Waals surface area contributed by atoms with Gasteiger partial charge in [-0.25, -0.2) is 0 Å². The first-order valence-corrected chi connectivity index (χ1v) is 6.98. The molecule has 0 unspecified atom stereocenters. The highest BCUT2D eigenvalue weighted by Crippen LogP contribution is 2.49. The van der Waals surface area contributed by atoms with E-state index in [9.17, 15) is 4.79 Å². The van der Waals surface area contributed by atoms with Gasteiger partial charge in [-0.2, -0.15) is 0 Å². The number of aryl methyl sites for hydroxylation is 1. The van der Waals surface area contributed by atoms with Crippen molar-refractivity contribution < 1.29 is 9.21 Å². The van der Waals surface area contributed by atoms with Gasteiger partial charge in [0.05, 0.1) is 12.0 Å². The van der Waals surface area contributed by atoms with Crippen LogP contribution in [0, 0.1) is 6.92 Å². The Morgan fingerprint density at radius 2 is 1.90 bits per heavy atom. The number of furan rings is 1. The van der Waals surface area contributed by atoms with Crippen LogP contribution in [-0.2, 0) is 16.8 Å². The minimum Gasteiger partial charge on any atom is -0.464 e. The number of carbonyl (C=O) groups excluding carboxylic acids is 1. The molecule has 0 radical (unpaired) electrons. The van der Waals surface area contributed by atoms with Gasteiger partial charge in [-0.15, -0.1) is 0 Å². The summed E-state index contributed by atoms with van der Waals surface area (Å²) in [5.41, 5.74) is 0.838. The van der Waals surface area contributed by atoms with Crippen molar-refractivity contribution in [3.05, 3.63) is 59.5 Å². The Morgan fingerprint density at radius 1 is 1.20 bits per heavy atom. The van der Waals surface area contributed by atoms with Crippen LogP contribution in [0.4, 0.5) is 0 Å². The summed E-state index contributed by atoms with van der Waals surface area (Å²) in [6.07, 6.45) is 1.88. The van der Waals surface area contributed by atoms with Crippen LogP contribution in [0.2, 0.25) is 0 Å². The van der Waals surface area contributed by atoms with Gasteiger partial charge >= 0.3 is 0 Å². The molecule has 0 aliphatic heterocycles. The van der Waals surface area contributed by atoms with Gasteiger partial charge in [-0.05, 0) is 37.5 Å². The van der Waals surface area contributed by atoms with E-state index in [0.29, 0.717) is 6.54 Å². The van der Waals surface area contributed by atoms with E-state index in [-0.39, 0.29) is 11.3 Å². The van der Waals surface area contributed by atoms with Gasteiger partial charge in [0.15, 0.2) is 0 Å². The first kappa shape index (κ1) is 13.0. The van der Waals surface area contributed by atoms with Crippen LogP contribution in [-0.4, -0.2) is 17.9 Å². The molecule has 0 bridgehead atoms. The van der Waals surface area contributed by atoms with Crippen molar-refractivity contribution in [2.45, 2.75) is 31.7 Å². The molecule has 0 N–H and O–H groups in total. The lowest BCUT2D eigenvalue weighted by atomic mass is 9.94. The van der Waals surface area contributed by atoms with E-state index in [2.05, 4.69) is 12.1 Å². The van der Waals surface area contributed by atoms with Crippen molar-refractivity contribution in [1.82, 2.24) is 4.90 Å². The highest BCUT2D eigenvalue weighted by atomic mass is 16.3. The van der Waals surface area contributed by atoms with E-state index in [1.54, 1.807) is 4.90 Å². The fourth-order valence-electron chi connectivity index (χ4n) is 2.75. The maximum absolute atomic E-state index is 12.7. The van der Waals surface area contributed by atoms with Crippen LogP contribution < -0.4 is 0 Å². The summed E-state index contributed by atoms with van der Waals surface area (Å²) < 4.78 is 5.55. The SMILES string of the molecule is Cc1ccc(CN(C)C(=O)C2(c3ccccc3)CC2)o1. The molecule has 3 rings (SSSR count). The third kappa shape index (κ3) is 2.24. The Labute approximate surface area is 119 Å². The Morgan fingerprint density at radius 3 is 2.45 bits per heavy atom. The summed E-state index contributed by atoms with van der Waals surface area (Å²) in [7, 11) is 1.85. The summed E-state index contributed by atoms with van der Waals surface area (Å²) in [6.45, 7) is 2.44. The molecule has 104 valence electrons. The number of rotatable bonds is 4. The van der Waals surface area contributed by atoms with Gasteiger partial charge < -0.3 is 9.32 Å². The maximum atomic E-state index is 12.7. The number of carbonyl (C=O) groups is 1. The van der Waals surface area contributed by atoms with Crippen molar-refractivity contribution in [2.24, 2.45) is 0 Å². The quantitative estimate of drug-likeness (QED) is 0.853. The Bertz CT molecular complexity index is 611. The highest BCUT2D eigenvalue weighted by molar-refractivity contribution is 5.91. The standard InChI is InChI=1S/C17H19NO2/c1-13-8-9-15(20-13)12-18(2)16(19)17(10-11-17)14-6-4-3-5-7-14/h3-9H,10-12H2,1-2H3. The predicted octanol–water partition coefficient (Wildman–Crippen LogP) is 3.28. The van der Waals surface area contributed by atoms with Crippen molar-refractivity contribution in [2.75, 3.05) is 7.05 Å². The van der Waals surface area contributed by atoms with Crippen LogP contribution in [0.1, 0.15) is 29.9 Å². The molecule has 1 heterocycles. The van der Waals surface area contributed by atoms with Crippen molar-refractivity contribution in [1.29, 1.82) is 0 Å². The number of likely N-dealkylation sites (N-methyl/N-ethyl adjacent to an activating group) is 1. The second-order valence-electron chi connectivity index (χ2n) is 5.62. The second-order valence-corrected chi connectivity index (χ2v) is 5.62. The number of amides is 1. The van der Waals surface area contributed by atoms with Crippen LogP contribution in [0.25, 0.3) is 0 Å². The van der Waals surface area contributed by atoms with Gasteiger partial charge in [0.25, 0.3) is 0 Å². The zero-order chi connectivity index (χ0) is 14.2. The van der Waals surface area contributed by atoms with E-state index < -0.39 is 0 Å². The molecule has 1 aromatic heterocycles.